The van der Waals surface area contributed by atoms with Crippen molar-refractivity contribution in [2.24, 2.45) is 0 Å². The van der Waals surface area contributed by atoms with Crippen LogP contribution in [0.5, 0.6) is 11.5 Å². The van der Waals surface area contributed by atoms with Crippen LogP contribution in [0.3, 0.4) is 0 Å². The molecule has 0 aliphatic carbocycles. The van der Waals surface area contributed by atoms with E-state index in [9.17, 15) is 9.59 Å². The predicted molar refractivity (Wildman–Crippen MR) is 108 cm³/mol. The van der Waals surface area contributed by atoms with E-state index < -0.39 is 0 Å². The van der Waals surface area contributed by atoms with E-state index in [1.54, 1.807) is 24.0 Å². The lowest BCUT2D eigenvalue weighted by Crippen LogP contribution is -2.47. The molecule has 1 atom stereocenters. The molecule has 0 N–H and O–H groups in total. The van der Waals surface area contributed by atoms with Crippen LogP contribution < -0.4 is 9.47 Å². The molecule has 2 aromatic rings. The molecule has 1 fully saturated rings. The molecule has 1 amide bonds. The number of hydrogen-bond donors (Lipinski definition) is 0. The quantitative estimate of drug-likeness (QED) is 0.661. The van der Waals surface area contributed by atoms with Crippen LogP contribution in [0.25, 0.3) is 0 Å². The van der Waals surface area contributed by atoms with E-state index in [-0.39, 0.29) is 17.8 Å². The summed E-state index contributed by atoms with van der Waals surface area (Å²) in [4.78, 5) is 26.8. The SMILES string of the molecule is CCOc1ccsc1C(=O)N1CCOC(COc2ccc(C(C)=O)c(C)c2)C1. The number of amides is 1. The molecule has 1 aliphatic rings. The highest BCUT2D eigenvalue weighted by Crippen LogP contribution is 2.27. The van der Waals surface area contributed by atoms with Gasteiger partial charge in [-0.15, -0.1) is 11.3 Å². The topological polar surface area (TPSA) is 65.1 Å². The highest BCUT2D eigenvalue weighted by molar-refractivity contribution is 7.12. The first kappa shape index (κ1) is 20.4. The maximum Gasteiger partial charge on any atom is 0.267 e. The van der Waals surface area contributed by atoms with E-state index in [1.165, 1.54) is 11.3 Å². The fourth-order valence-electron chi connectivity index (χ4n) is 3.18. The van der Waals surface area contributed by atoms with Gasteiger partial charge in [0.05, 0.1) is 19.8 Å². The first-order valence-electron chi connectivity index (χ1n) is 9.35. The third kappa shape index (κ3) is 4.72. The zero-order valence-corrected chi connectivity index (χ0v) is 17.2. The molecule has 1 aliphatic heterocycles. The van der Waals surface area contributed by atoms with Crippen LogP contribution in [-0.4, -0.2) is 55.6 Å². The summed E-state index contributed by atoms with van der Waals surface area (Å²) in [5.74, 6) is 1.33. The average molecular weight is 404 g/mol. The zero-order chi connectivity index (χ0) is 20.1. The molecule has 28 heavy (non-hydrogen) atoms. The number of nitrogens with zero attached hydrogens (tertiary/aromatic N) is 1. The number of aryl methyl sites for hydroxylation is 1. The number of Topliss-reactive ketones (excluding diaryl/α,β-unsaturated/α-hetero) is 1. The average Bonchev–Trinajstić information content (AvgIpc) is 3.14. The number of hydrogen-bond acceptors (Lipinski definition) is 6. The molecule has 1 unspecified atom stereocenters. The monoisotopic (exact) mass is 403 g/mol. The summed E-state index contributed by atoms with van der Waals surface area (Å²) in [6.45, 7) is 7.69. The molecular formula is C21H25NO5S. The van der Waals surface area contributed by atoms with E-state index in [1.807, 2.05) is 31.4 Å². The predicted octanol–water partition coefficient (Wildman–Crippen LogP) is 3.58. The van der Waals surface area contributed by atoms with Crippen LogP contribution in [0.15, 0.2) is 29.6 Å². The van der Waals surface area contributed by atoms with Crippen LogP contribution in [0.1, 0.15) is 39.4 Å². The minimum Gasteiger partial charge on any atom is -0.492 e. The number of rotatable bonds is 7. The van der Waals surface area contributed by atoms with E-state index in [0.29, 0.717) is 54.8 Å². The van der Waals surface area contributed by atoms with Crippen molar-refractivity contribution in [1.29, 1.82) is 0 Å². The number of morpholine rings is 1. The van der Waals surface area contributed by atoms with Gasteiger partial charge in [-0.1, -0.05) is 0 Å². The van der Waals surface area contributed by atoms with Crippen molar-refractivity contribution in [3.8, 4) is 11.5 Å². The standard InChI is InChI=1S/C21H25NO5S/c1-4-25-19-7-10-28-20(19)21(24)22-8-9-26-17(12-22)13-27-16-5-6-18(15(3)23)14(2)11-16/h5-7,10-11,17H,4,8-9,12-13H2,1-3H3. The summed E-state index contributed by atoms with van der Waals surface area (Å²) < 4.78 is 17.2. The Morgan fingerprint density at radius 2 is 2.11 bits per heavy atom. The maximum absolute atomic E-state index is 12.9. The molecule has 150 valence electrons. The fourth-order valence-corrected chi connectivity index (χ4v) is 3.98. The second-order valence-electron chi connectivity index (χ2n) is 6.63. The van der Waals surface area contributed by atoms with Gasteiger partial charge in [0.15, 0.2) is 5.78 Å². The summed E-state index contributed by atoms with van der Waals surface area (Å²) >= 11 is 1.39. The molecule has 3 rings (SSSR count). The summed E-state index contributed by atoms with van der Waals surface area (Å²) in [5, 5.41) is 1.87. The van der Waals surface area contributed by atoms with E-state index in [2.05, 4.69) is 0 Å². The lowest BCUT2D eigenvalue weighted by molar-refractivity contribution is -0.0400. The van der Waals surface area contributed by atoms with Crippen molar-refractivity contribution >= 4 is 23.0 Å². The summed E-state index contributed by atoms with van der Waals surface area (Å²) in [7, 11) is 0. The molecule has 1 saturated heterocycles. The van der Waals surface area contributed by atoms with Crippen LogP contribution in [0.2, 0.25) is 0 Å². The van der Waals surface area contributed by atoms with Gasteiger partial charge in [0.2, 0.25) is 0 Å². The summed E-state index contributed by atoms with van der Waals surface area (Å²) in [6.07, 6.45) is -0.207. The first-order chi connectivity index (χ1) is 13.5. The molecule has 0 bridgehead atoms. The number of ketones is 1. The number of carbonyl (C=O) groups is 2. The molecular weight excluding hydrogens is 378 g/mol. The first-order valence-corrected chi connectivity index (χ1v) is 10.2. The summed E-state index contributed by atoms with van der Waals surface area (Å²) in [5.41, 5.74) is 1.58. The molecule has 0 radical (unpaired) electrons. The number of benzene rings is 1. The van der Waals surface area contributed by atoms with Gasteiger partial charge in [0, 0.05) is 12.1 Å². The Hall–Kier alpha value is -2.38. The van der Waals surface area contributed by atoms with Gasteiger partial charge in [-0.05, 0) is 56.0 Å². The third-order valence-corrected chi connectivity index (χ3v) is 5.45. The number of ether oxygens (including phenoxy) is 3. The van der Waals surface area contributed by atoms with Crippen LogP contribution >= 0.6 is 11.3 Å². The van der Waals surface area contributed by atoms with E-state index >= 15 is 0 Å². The Kier molecular flexibility index (Phi) is 6.70. The molecule has 0 saturated carbocycles. The van der Waals surface area contributed by atoms with Crippen molar-refractivity contribution in [3.05, 3.63) is 45.6 Å². The number of thiophene rings is 1. The normalized spacial score (nSPS) is 16.7. The van der Waals surface area contributed by atoms with Crippen molar-refractivity contribution in [2.45, 2.75) is 26.9 Å². The Balaban J connectivity index is 1.59. The third-order valence-electron chi connectivity index (χ3n) is 4.56. The molecule has 0 spiro atoms. The highest BCUT2D eigenvalue weighted by Gasteiger charge is 2.28. The Morgan fingerprint density at radius 3 is 2.82 bits per heavy atom. The smallest absolute Gasteiger partial charge is 0.267 e. The van der Waals surface area contributed by atoms with Gasteiger partial charge < -0.3 is 19.1 Å². The van der Waals surface area contributed by atoms with E-state index in [0.717, 1.165) is 5.56 Å². The van der Waals surface area contributed by atoms with Crippen molar-refractivity contribution in [3.63, 3.8) is 0 Å². The van der Waals surface area contributed by atoms with Crippen LogP contribution in [0.4, 0.5) is 0 Å². The molecule has 1 aromatic carbocycles. The number of carbonyl (C=O) groups excluding carboxylic acids is 2. The molecule has 7 heteroatoms. The lowest BCUT2D eigenvalue weighted by Gasteiger charge is -2.32. The molecule has 1 aromatic heterocycles. The van der Waals surface area contributed by atoms with Gasteiger partial charge in [0.25, 0.3) is 5.91 Å². The van der Waals surface area contributed by atoms with Crippen molar-refractivity contribution in [1.82, 2.24) is 4.90 Å². The fraction of sp³-hybridized carbons (Fsp3) is 0.429. The second kappa shape index (κ2) is 9.21. The summed E-state index contributed by atoms with van der Waals surface area (Å²) in [6, 6.07) is 7.24. The van der Waals surface area contributed by atoms with Crippen molar-refractivity contribution < 1.29 is 23.8 Å². The van der Waals surface area contributed by atoms with Gasteiger partial charge in [-0.25, -0.2) is 0 Å². The minimum atomic E-state index is -0.207. The minimum absolute atomic E-state index is 0.0339. The molecule has 2 heterocycles. The lowest BCUT2D eigenvalue weighted by atomic mass is 10.1. The van der Waals surface area contributed by atoms with E-state index in [4.69, 9.17) is 14.2 Å². The van der Waals surface area contributed by atoms with Gasteiger partial charge >= 0.3 is 0 Å². The zero-order valence-electron chi connectivity index (χ0n) is 16.4. The molecule has 6 nitrogen and oxygen atoms in total. The Morgan fingerprint density at radius 1 is 1.29 bits per heavy atom. The van der Waals surface area contributed by atoms with Crippen LogP contribution in [0, 0.1) is 6.92 Å². The van der Waals surface area contributed by atoms with Crippen molar-refractivity contribution in [2.75, 3.05) is 32.9 Å². The van der Waals surface area contributed by atoms with Gasteiger partial charge in [-0.2, -0.15) is 0 Å². The Bertz CT molecular complexity index is 847. The van der Waals surface area contributed by atoms with Gasteiger partial charge in [0.1, 0.15) is 29.1 Å². The second-order valence-corrected chi connectivity index (χ2v) is 7.55. The maximum atomic E-state index is 12.9. The highest BCUT2D eigenvalue weighted by atomic mass is 32.1. The van der Waals surface area contributed by atoms with Crippen LogP contribution in [-0.2, 0) is 4.74 Å². The van der Waals surface area contributed by atoms with Gasteiger partial charge in [-0.3, -0.25) is 9.59 Å². The largest absolute Gasteiger partial charge is 0.492 e. The Labute approximate surface area is 169 Å².